The van der Waals surface area contributed by atoms with Gasteiger partial charge >= 0.3 is 24.2 Å². The number of para-hydroxylation sites is 2. The maximum Gasteiger partial charge on any atom is 0.490 e. The quantitative estimate of drug-likeness (QED) is 0.233. The second kappa shape index (κ2) is 20.9. The van der Waals surface area contributed by atoms with E-state index < -0.39 is 18.2 Å². The standard InChI is InChI=1S/C33H50N6O3.C2HF3O2/c1-5-7-15-22-36(23-16-8-6-2)32(41)37-25-26-38(30(27-37)31(40)35(4)24-21-34-3)33(42)39(28-17-11-9-12-18-28)29-19-13-10-14-20-29;3-2(4,5)1(6)7/h9-14,17-20,30,34H,5-8,15-16,21-27H2,1-4H3;(H,6,7). The molecule has 1 heterocycles. The number of amides is 5. The molecule has 1 aliphatic heterocycles. The van der Waals surface area contributed by atoms with Crippen molar-refractivity contribution in [3.63, 3.8) is 0 Å². The van der Waals surface area contributed by atoms with Gasteiger partial charge in [0.15, 0.2) is 0 Å². The number of alkyl halides is 3. The van der Waals surface area contributed by atoms with Crippen molar-refractivity contribution in [3.05, 3.63) is 60.7 Å². The van der Waals surface area contributed by atoms with Crippen molar-refractivity contribution in [2.24, 2.45) is 0 Å². The summed E-state index contributed by atoms with van der Waals surface area (Å²) in [6, 6.07) is 17.9. The van der Waals surface area contributed by atoms with E-state index in [0.29, 0.717) is 32.7 Å². The highest BCUT2D eigenvalue weighted by atomic mass is 19.4. The molecule has 1 unspecified atom stereocenters. The highest BCUT2D eigenvalue weighted by Gasteiger charge is 2.41. The summed E-state index contributed by atoms with van der Waals surface area (Å²) < 4.78 is 31.7. The fourth-order valence-corrected chi connectivity index (χ4v) is 5.30. The summed E-state index contributed by atoms with van der Waals surface area (Å²) in [5.41, 5.74) is 1.44. The van der Waals surface area contributed by atoms with Crippen LogP contribution in [0.5, 0.6) is 0 Å². The third kappa shape index (κ3) is 12.9. The summed E-state index contributed by atoms with van der Waals surface area (Å²) in [6.45, 7) is 7.71. The molecule has 2 N–H and O–H groups in total. The molecule has 0 saturated carbocycles. The molecule has 14 heteroatoms. The van der Waals surface area contributed by atoms with Gasteiger partial charge in [0.1, 0.15) is 6.04 Å². The predicted octanol–water partition coefficient (Wildman–Crippen LogP) is 6.04. The number of rotatable bonds is 14. The van der Waals surface area contributed by atoms with Gasteiger partial charge in [0.2, 0.25) is 5.91 Å². The maximum atomic E-state index is 14.4. The molecule has 2 aromatic rings. The highest BCUT2D eigenvalue weighted by molar-refractivity contribution is 6.01. The minimum atomic E-state index is -5.08. The Bertz CT molecular complexity index is 1250. The minimum absolute atomic E-state index is 0.0343. The first kappa shape index (κ1) is 40.8. The Hall–Kier alpha value is -4.33. The molecule has 1 atom stereocenters. The summed E-state index contributed by atoms with van der Waals surface area (Å²) >= 11 is 0. The van der Waals surface area contributed by atoms with E-state index in [9.17, 15) is 27.6 Å². The number of piperazine rings is 1. The molecule has 0 spiro atoms. The monoisotopic (exact) mass is 692 g/mol. The zero-order valence-electron chi connectivity index (χ0n) is 29.0. The summed E-state index contributed by atoms with van der Waals surface area (Å²) in [5, 5.41) is 10.2. The van der Waals surface area contributed by atoms with E-state index in [4.69, 9.17) is 9.90 Å². The summed E-state index contributed by atoms with van der Waals surface area (Å²) in [4.78, 5) is 59.7. The molecule has 49 heavy (non-hydrogen) atoms. The van der Waals surface area contributed by atoms with Crippen molar-refractivity contribution < 1.29 is 37.5 Å². The first-order valence-corrected chi connectivity index (χ1v) is 16.8. The summed E-state index contributed by atoms with van der Waals surface area (Å²) in [7, 11) is 3.61. The van der Waals surface area contributed by atoms with Crippen molar-refractivity contribution >= 4 is 35.3 Å². The molecular weight excluding hydrogens is 641 g/mol. The molecule has 1 saturated heterocycles. The van der Waals surface area contributed by atoms with Crippen LogP contribution in [-0.4, -0.2) is 121 Å². The van der Waals surface area contributed by atoms with Crippen LogP contribution in [0.25, 0.3) is 0 Å². The number of carbonyl (C=O) groups excluding carboxylic acids is 3. The van der Waals surface area contributed by atoms with E-state index in [1.54, 1.807) is 26.6 Å². The van der Waals surface area contributed by atoms with Crippen molar-refractivity contribution in [2.75, 3.05) is 64.8 Å². The zero-order chi connectivity index (χ0) is 36.4. The lowest BCUT2D eigenvalue weighted by molar-refractivity contribution is -0.192. The van der Waals surface area contributed by atoms with Crippen LogP contribution in [-0.2, 0) is 9.59 Å². The van der Waals surface area contributed by atoms with E-state index in [1.807, 2.05) is 72.6 Å². The molecule has 0 aliphatic carbocycles. The fraction of sp³-hybridized carbons (Fsp3) is 0.543. The van der Waals surface area contributed by atoms with Crippen LogP contribution in [0.3, 0.4) is 0 Å². The van der Waals surface area contributed by atoms with Crippen molar-refractivity contribution in [2.45, 2.75) is 64.6 Å². The number of unbranched alkanes of at least 4 members (excludes halogenated alkanes) is 4. The lowest BCUT2D eigenvalue weighted by atomic mass is 10.1. The average molecular weight is 693 g/mol. The number of hydrogen-bond acceptors (Lipinski definition) is 5. The van der Waals surface area contributed by atoms with Gasteiger partial charge in [0.05, 0.1) is 17.9 Å². The van der Waals surface area contributed by atoms with Crippen LogP contribution in [0, 0.1) is 0 Å². The molecule has 0 aromatic heterocycles. The molecule has 1 fully saturated rings. The summed E-state index contributed by atoms with van der Waals surface area (Å²) in [6.07, 6.45) is 1.17. The highest BCUT2D eigenvalue weighted by Crippen LogP contribution is 2.28. The Kier molecular flexibility index (Phi) is 17.4. The number of carboxylic acid groups (broad SMARTS) is 1. The molecule has 5 amide bonds. The van der Waals surface area contributed by atoms with E-state index in [0.717, 1.165) is 49.9 Å². The number of hydrogen-bond donors (Lipinski definition) is 2. The van der Waals surface area contributed by atoms with Crippen molar-refractivity contribution in [1.29, 1.82) is 0 Å². The van der Waals surface area contributed by atoms with Crippen LogP contribution in [0.15, 0.2) is 60.7 Å². The second-order valence-electron chi connectivity index (χ2n) is 11.8. The molecule has 2 aromatic carbocycles. The van der Waals surface area contributed by atoms with Gasteiger partial charge in [-0.2, -0.15) is 13.2 Å². The smallest absolute Gasteiger partial charge is 0.475 e. The minimum Gasteiger partial charge on any atom is -0.475 e. The molecule has 0 radical (unpaired) electrons. The number of nitrogens with zero attached hydrogens (tertiary/aromatic N) is 5. The summed E-state index contributed by atoms with van der Waals surface area (Å²) in [5.74, 6) is -2.92. The van der Waals surface area contributed by atoms with Crippen LogP contribution in [0.1, 0.15) is 52.4 Å². The molecular formula is C35H51F3N6O5. The van der Waals surface area contributed by atoms with Gasteiger partial charge < -0.3 is 30.0 Å². The number of aliphatic carboxylic acids is 1. The maximum absolute atomic E-state index is 14.4. The first-order chi connectivity index (χ1) is 23.4. The molecule has 3 rings (SSSR count). The van der Waals surface area contributed by atoms with Crippen molar-refractivity contribution in [1.82, 2.24) is 24.9 Å². The van der Waals surface area contributed by atoms with Gasteiger partial charge in [-0.1, -0.05) is 75.9 Å². The zero-order valence-corrected chi connectivity index (χ0v) is 29.0. The topological polar surface area (TPSA) is 117 Å². The Labute approximate surface area is 287 Å². The normalized spacial score (nSPS) is 14.4. The van der Waals surface area contributed by atoms with E-state index in [1.165, 1.54) is 0 Å². The first-order valence-electron chi connectivity index (χ1n) is 16.8. The van der Waals surface area contributed by atoms with Gasteiger partial charge in [0.25, 0.3) is 0 Å². The predicted molar refractivity (Wildman–Crippen MR) is 184 cm³/mol. The third-order valence-electron chi connectivity index (χ3n) is 8.05. The van der Waals surface area contributed by atoms with E-state index in [-0.39, 0.29) is 31.1 Å². The number of carboxylic acids is 1. The number of benzene rings is 2. The van der Waals surface area contributed by atoms with Crippen LogP contribution in [0.4, 0.5) is 34.1 Å². The van der Waals surface area contributed by atoms with Crippen LogP contribution in [0.2, 0.25) is 0 Å². The number of carbonyl (C=O) groups is 4. The van der Waals surface area contributed by atoms with Gasteiger partial charge in [-0.25, -0.2) is 14.4 Å². The number of anilines is 2. The molecule has 1 aliphatic rings. The number of likely N-dealkylation sites (N-methyl/N-ethyl adjacent to an activating group) is 2. The van der Waals surface area contributed by atoms with Gasteiger partial charge in [-0.3, -0.25) is 9.69 Å². The van der Waals surface area contributed by atoms with Gasteiger partial charge in [-0.05, 0) is 44.2 Å². The number of urea groups is 2. The van der Waals surface area contributed by atoms with E-state index >= 15 is 0 Å². The largest absolute Gasteiger partial charge is 0.490 e. The van der Waals surface area contributed by atoms with Gasteiger partial charge in [0, 0.05) is 46.3 Å². The Balaban J connectivity index is 0.00000107. The Morgan fingerprint density at radius 2 is 1.31 bits per heavy atom. The fourth-order valence-electron chi connectivity index (χ4n) is 5.30. The third-order valence-corrected chi connectivity index (χ3v) is 8.05. The van der Waals surface area contributed by atoms with Crippen molar-refractivity contribution in [3.8, 4) is 0 Å². The lowest BCUT2D eigenvalue weighted by Gasteiger charge is -2.44. The molecule has 0 bridgehead atoms. The van der Waals surface area contributed by atoms with Crippen LogP contribution < -0.4 is 10.2 Å². The second-order valence-corrected chi connectivity index (χ2v) is 11.8. The van der Waals surface area contributed by atoms with E-state index in [2.05, 4.69) is 19.2 Å². The van der Waals surface area contributed by atoms with Gasteiger partial charge in [-0.15, -0.1) is 0 Å². The Morgan fingerprint density at radius 1 is 0.816 bits per heavy atom. The molecule has 272 valence electrons. The lowest BCUT2D eigenvalue weighted by Crippen LogP contribution is -2.64. The van der Waals surface area contributed by atoms with Crippen LogP contribution >= 0.6 is 0 Å². The number of nitrogens with one attached hydrogen (secondary N) is 1. The molecule has 11 nitrogen and oxygen atoms in total. The number of halogens is 3. The SMILES string of the molecule is CCCCCN(CCCCC)C(=O)N1CCN(C(=O)N(c2ccccc2)c2ccccc2)C(C(=O)N(C)CCNC)C1.O=C(O)C(F)(F)F. The Morgan fingerprint density at radius 3 is 1.73 bits per heavy atom. The average Bonchev–Trinajstić information content (AvgIpc) is 3.10.